The highest BCUT2D eigenvalue weighted by molar-refractivity contribution is 5.80. The molecule has 3 rings (SSSR count). The molecule has 1 aliphatic heterocycles. The second-order valence-electron chi connectivity index (χ2n) is 6.10. The van der Waals surface area contributed by atoms with E-state index in [-0.39, 0.29) is 18.1 Å². The number of ether oxygens (including phenoxy) is 2. The van der Waals surface area contributed by atoms with Crippen LogP contribution in [0, 0.1) is 0 Å². The van der Waals surface area contributed by atoms with Crippen LogP contribution in [0.1, 0.15) is 49.3 Å². The van der Waals surface area contributed by atoms with Crippen LogP contribution in [-0.2, 0) is 20.7 Å². The molecule has 0 radical (unpaired) electrons. The third-order valence-electron chi connectivity index (χ3n) is 4.48. The van der Waals surface area contributed by atoms with Gasteiger partial charge < -0.3 is 14.8 Å². The van der Waals surface area contributed by atoms with Gasteiger partial charge in [-0.2, -0.15) is 0 Å². The molecule has 1 saturated heterocycles. The molecule has 4 nitrogen and oxygen atoms in total. The van der Waals surface area contributed by atoms with E-state index in [0.29, 0.717) is 19.8 Å². The molecule has 0 unspecified atom stereocenters. The Labute approximate surface area is 132 Å². The van der Waals surface area contributed by atoms with Crippen LogP contribution in [0.3, 0.4) is 0 Å². The van der Waals surface area contributed by atoms with Gasteiger partial charge in [-0.25, -0.2) is 0 Å². The first kappa shape index (κ1) is 15.5. The van der Waals surface area contributed by atoms with Gasteiger partial charge in [0.1, 0.15) is 6.10 Å². The second kappa shape index (κ2) is 7.75. The summed E-state index contributed by atoms with van der Waals surface area (Å²) in [5.74, 6) is 0.0283. The number of nitrogens with one attached hydrogen (secondary N) is 1. The largest absolute Gasteiger partial charge is 0.373 e. The van der Waals surface area contributed by atoms with Crippen molar-refractivity contribution >= 4 is 5.91 Å². The number of rotatable bonds is 6. The van der Waals surface area contributed by atoms with Crippen LogP contribution in [0.15, 0.2) is 24.3 Å². The summed E-state index contributed by atoms with van der Waals surface area (Å²) in [7, 11) is 0. The van der Waals surface area contributed by atoms with Crippen LogP contribution in [0.4, 0.5) is 0 Å². The maximum Gasteiger partial charge on any atom is 0.249 e. The lowest BCUT2D eigenvalue weighted by Gasteiger charge is -2.25. The number of benzene rings is 1. The van der Waals surface area contributed by atoms with Crippen molar-refractivity contribution in [1.82, 2.24) is 5.32 Å². The fourth-order valence-electron chi connectivity index (χ4n) is 3.29. The van der Waals surface area contributed by atoms with Gasteiger partial charge in [-0.15, -0.1) is 0 Å². The fourth-order valence-corrected chi connectivity index (χ4v) is 3.29. The molecule has 4 heteroatoms. The lowest BCUT2D eigenvalue weighted by atomic mass is 9.89. The maximum atomic E-state index is 11.8. The molecule has 1 aliphatic carbocycles. The summed E-state index contributed by atoms with van der Waals surface area (Å²) < 4.78 is 11.4. The maximum absolute atomic E-state index is 11.8. The molecule has 0 aromatic heterocycles. The molecule has 1 amide bonds. The van der Waals surface area contributed by atoms with E-state index in [1.807, 2.05) is 0 Å². The van der Waals surface area contributed by atoms with Gasteiger partial charge in [-0.1, -0.05) is 24.3 Å². The Balaban J connectivity index is 1.36. The van der Waals surface area contributed by atoms with Crippen molar-refractivity contribution in [2.24, 2.45) is 0 Å². The van der Waals surface area contributed by atoms with E-state index in [1.54, 1.807) is 0 Å². The Morgan fingerprint density at radius 1 is 1.27 bits per heavy atom. The van der Waals surface area contributed by atoms with Gasteiger partial charge in [0.15, 0.2) is 0 Å². The predicted molar refractivity (Wildman–Crippen MR) is 84.7 cm³/mol. The minimum absolute atomic E-state index is 0.0283. The van der Waals surface area contributed by atoms with Crippen molar-refractivity contribution < 1.29 is 14.3 Å². The Bertz CT molecular complexity index is 497. The molecular formula is C18H25NO3. The summed E-state index contributed by atoms with van der Waals surface area (Å²) in [6, 6.07) is 8.56. The number of aryl methyl sites for hydroxylation is 1. The van der Waals surface area contributed by atoms with Crippen molar-refractivity contribution in [2.75, 3.05) is 19.8 Å². The van der Waals surface area contributed by atoms with Gasteiger partial charge in [0.2, 0.25) is 5.91 Å². The summed E-state index contributed by atoms with van der Waals surface area (Å²) in [6.07, 6.45) is 6.12. The number of hydrogen-bond acceptors (Lipinski definition) is 3. The molecule has 2 atom stereocenters. The summed E-state index contributed by atoms with van der Waals surface area (Å²) >= 11 is 0. The molecule has 1 N–H and O–H groups in total. The third-order valence-corrected chi connectivity index (χ3v) is 4.48. The molecule has 0 spiro atoms. The average molecular weight is 303 g/mol. The van der Waals surface area contributed by atoms with Crippen molar-refractivity contribution in [2.45, 2.75) is 50.7 Å². The van der Waals surface area contributed by atoms with E-state index >= 15 is 0 Å². The summed E-state index contributed by atoms with van der Waals surface area (Å²) in [5, 5.41) is 2.94. The first-order chi connectivity index (χ1) is 10.8. The number of amides is 1. The van der Waals surface area contributed by atoms with E-state index in [1.165, 1.54) is 17.5 Å². The van der Waals surface area contributed by atoms with E-state index in [4.69, 9.17) is 9.47 Å². The van der Waals surface area contributed by atoms with Crippen LogP contribution in [-0.4, -0.2) is 31.8 Å². The predicted octanol–water partition coefficient (Wildman–Crippen LogP) is 2.77. The molecule has 0 bridgehead atoms. The summed E-state index contributed by atoms with van der Waals surface area (Å²) in [5.41, 5.74) is 2.77. The van der Waals surface area contributed by atoms with Crippen molar-refractivity contribution in [3.63, 3.8) is 0 Å². The van der Waals surface area contributed by atoms with Gasteiger partial charge in [-0.05, 0) is 49.7 Å². The van der Waals surface area contributed by atoms with Gasteiger partial charge >= 0.3 is 0 Å². The zero-order chi connectivity index (χ0) is 15.2. The van der Waals surface area contributed by atoms with E-state index in [0.717, 1.165) is 32.1 Å². The van der Waals surface area contributed by atoms with Crippen LogP contribution in [0.5, 0.6) is 0 Å². The van der Waals surface area contributed by atoms with E-state index in [2.05, 4.69) is 29.6 Å². The first-order valence-corrected chi connectivity index (χ1v) is 8.43. The average Bonchev–Trinajstić information content (AvgIpc) is 3.09. The molecule has 1 fully saturated rings. The number of fused-ring (bicyclic) bond motifs is 1. The van der Waals surface area contributed by atoms with Gasteiger partial charge in [0.25, 0.3) is 0 Å². The monoisotopic (exact) mass is 303 g/mol. The topological polar surface area (TPSA) is 47.6 Å². The molecular weight excluding hydrogens is 278 g/mol. The lowest BCUT2D eigenvalue weighted by Crippen LogP contribution is -2.35. The highest BCUT2D eigenvalue weighted by Crippen LogP contribution is 2.32. The van der Waals surface area contributed by atoms with Gasteiger partial charge in [0.05, 0.1) is 6.10 Å². The molecule has 1 aromatic rings. The quantitative estimate of drug-likeness (QED) is 0.822. The van der Waals surface area contributed by atoms with Crippen LogP contribution >= 0.6 is 0 Å². The Morgan fingerprint density at radius 3 is 3.05 bits per heavy atom. The number of carbonyl (C=O) groups is 1. The Morgan fingerprint density at radius 2 is 2.18 bits per heavy atom. The fraction of sp³-hybridized carbons (Fsp3) is 0.611. The molecule has 0 saturated carbocycles. The lowest BCUT2D eigenvalue weighted by molar-refractivity contribution is -0.130. The van der Waals surface area contributed by atoms with Crippen molar-refractivity contribution in [1.29, 1.82) is 0 Å². The van der Waals surface area contributed by atoms with Crippen LogP contribution in [0.2, 0.25) is 0 Å². The zero-order valence-corrected chi connectivity index (χ0v) is 13.1. The summed E-state index contributed by atoms with van der Waals surface area (Å²) in [4.78, 5) is 11.8. The number of carbonyl (C=O) groups excluding carboxylic acids is 1. The third kappa shape index (κ3) is 3.87. The molecule has 2 aliphatic rings. The Hall–Kier alpha value is -1.39. The SMILES string of the molecule is O=C(NCCCO[C@H]1CCCc2ccccc21)[C@H]1CCCO1. The highest BCUT2D eigenvalue weighted by Gasteiger charge is 2.23. The van der Waals surface area contributed by atoms with Crippen molar-refractivity contribution in [3.05, 3.63) is 35.4 Å². The zero-order valence-electron chi connectivity index (χ0n) is 13.1. The summed E-state index contributed by atoms with van der Waals surface area (Å²) in [6.45, 7) is 2.06. The van der Waals surface area contributed by atoms with E-state index < -0.39 is 0 Å². The standard InChI is InChI=1S/C18H25NO3/c20-18(17-10-4-12-22-17)19-11-5-13-21-16-9-3-7-14-6-1-2-8-15(14)16/h1-2,6,8,16-17H,3-5,7,9-13H2,(H,19,20)/t16-,17+/m0/s1. The first-order valence-electron chi connectivity index (χ1n) is 8.43. The normalized spacial score (nSPS) is 24.0. The van der Waals surface area contributed by atoms with Gasteiger partial charge in [0, 0.05) is 19.8 Å². The number of hydrogen-bond donors (Lipinski definition) is 1. The smallest absolute Gasteiger partial charge is 0.249 e. The van der Waals surface area contributed by atoms with Gasteiger partial charge in [-0.3, -0.25) is 4.79 Å². The van der Waals surface area contributed by atoms with Crippen LogP contribution < -0.4 is 5.32 Å². The van der Waals surface area contributed by atoms with E-state index in [9.17, 15) is 4.79 Å². The van der Waals surface area contributed by atoms with Crippen LogP contribution in [0.25, 0.3) is 0 Å². The Kier molecular flexibility index (Phi) is 5.46. The molecule has 1 aromatic carbocycles. The minimum Gasteiger partial charge on any atom is -0.373 e. The molecule has 120 valence electrons. The minimum atomic E-state index is -0.230. The molecule has 22 heavy (non-hydrogen) atoms. The highest BCUT2D eigenvalue weighted by atomic mass is 16.5. The second-order valence-corrected chi connectivity index (χ2v) is 6.10. The molecule has 1 heterocycles. The van der Waals surface area contributed by atoms with Crippen molar-refractivity contribution in [3.8, 4) is 0 Å².